The molecule has 0 bridgehead atoms. The van der Waals surface area contributed by atoms with Crippen LogP contribution in [-0.4, -0.2) is 17.7 Å². The van der Waals surface area contributed by atoms with Crippen molar-refractivity contribution < 1.29 is 41.7 Å². The average molecular weight is 318 g/mol. The summed E-state index contributed by atoms with van der Waals surface area (Å²) < 4.78 is 14.5. The summed E-state index contributed by atoms with van der Waals surface area (Å²) in [5, 5.41) is 0. The van der Waals surface area contributed by atoms with Crippen molar-refractivity contribution in [2.75, 3.05) is 13.5 Å². The fourth-order valence-electron chi connectivity index (χ4n) is 0.166. The van der Waals surface area contributed by atoms with Crippen LogP contribution in [0.25, 0.3) is 0 Å². The van der Waals surface area contributed by atoms with Gasteiger partial charge in [0.1, 0.15) is 0 Å². The van der Waals surface area contributed by atoms with Gasteiger partial charge in [0, 0.05) is 39.8 Å². The van der Waals surface area contributed by atoms with Crippen LogP contribution in [0.1, 0.15) is 35.6 Å². The Balaban J connectivity index is -0.0000000208. The number of rotatable bonds is 2. The zero-order chi connectivity index (χ0) is 8.41. The van der Waals surface area contributed by atoms with Crippen molar-refractivity contribution >= 4 is 17.5 Å². The SMILES string of the molecule is C.C.C.[CH2-]CC.[CH2-][P+](COC)=S=O.[Y]. The maximum absolute atomic E-state index is 9.82. The van der Waals surface area contributed by atoms with Gasteiger partial charge in [0.2, 0.25) is 0 Å². The van der Waals surface area contributed by atoms with E-state index in [1.165, 1.54) is 0 Å². The second-order valence-electron chi connectivity index (χ2n) is 1.47. The van der Waals surface area contributed by atoms with E-state index in [0.717, 1.165) is 6.42 Å². The Hall–Kier alpha value is 1.38. The molecule has 0 spiro atoms. The third kappa shape index (κ3) is 50.4. The second-order valence-corrected chi connectivity index (χ2v) is 4.84. The van der Waals surface area contributed by atoms with Crippen molar-refractivity contribution in [3.63, 3.8) is 0 Å². The first kappa shape index (κ1) is 36.1. The Kier molecular flexibility index (Phi) is 94.6. The van der Waals surface area contributed by atoms with Gasteiger partial charge in [-0.1, -0.05) is 29.2 Å². The van der Waals surface area contributed by atoms with E-state index in [2.05, 4.69) is 18.3 Å². The van der Waals surface area contributed by atoms with Gasteiger partial charge < -0.3 is 11.7 Å². The topological polar surface area (TPSA) is 26.3 Å². The minimum Gasteiger partial charge on any atom is -0.345 e. The van der Waals surface area contributed by atoms with Crippen LogP contribution in [0.3, 0.4) is 0 Å². The maximum atomic E-state index is 9.82. The molecule has 0 rings (SSSR count). The van der Waals surface area contributed by atoms with Crippen molar-refractivity contribution in [1.82, 2.24) is 0 Å². The molecule has 0 fully saturated rings. The molecule has 0 aromatic rings. The Morgan fingerprint density at radius 3 is 1.71 bits per heavy atom. The van der Waals surface area contributed by atoms with E-state index in [1.807, 2.05) is 6.92 Å². The van der Waals surface area contributed by atoms with Crippen molar-refractivity contribution in [2.45, 2.75) is 35.6 Å². The van der Waals surface area contributed by atoms with Crippen LogP contribution >= 0.6 is 6.70 Å². The summed E-state index contributed by atoms with van der Waals surface area (Å²) in [4.78, 5) is 0. The molecule has 1 atom stereocenters. The fourth-order valence-corrected chi connectivity index (χ4v) is 0.942. The van der Waals surface area contributed by atoms with Crippen LogP contribution in [0.2, 0.25) is 0 Å². The second kappa shape index (κ2) is 36.7. The fraction of sp³-hybridized carbons (Fsp3) is 0.778. The van der Waals surface area contributed by atoms with E-state index in [0.29, 0.717) is 17.2 Å². The van der Waals surface area contributed by atoms with E-state index >= 15 is 0 Å². The molecule has 0 aliphatic heterocycles. The molecule has 0 aliphatic carbocycles. The van der Waals surface area contributed by atoms with Gasteiger partial charge in [0.15, 0.2) is 6.35 Å². The van der Waals surface area contributed by atoms with Crippen LogP contribution in [0, 0.1) is 13.6 Å². The summed E-state index contributed by atoms with van der Waals surface area (Å²) in [6.45, 7) is 8.35. The first-order valence-electron chi connectivity index (χ1n) is 2.89. The van der Waals surface area contributed by atoms with Gasteiger partial charge in [0.25, 0.3) is 10.8 Å². The van der Waals surface area contributed by atoms with Crippen LogP contribution in [0.4, 0.5) is 0 Å². The van der Waals surface area contributed by atoms with Gasteiger partial charge in [-0.3, -0.25) is 0 Å². The Bertz CT molecular complexity index is 117. The number of hydrogen-bond acceptors (Lipinski definition) is 2. The normalized spacial score (nSPS) is 6.71. The van der Waals surface area contributed by atoms with Gasteiger partial charge in [-0.25, -0.2) is 0 Å². The molecular weight excluding hydrogens is 292 g/mol. The molecule has 0 aliphatic rings. The molecule has 1 radical (unpaired) electrons. The summed E-state index contributed by atoms with van der Waals surface area (Å²) in [5.41, 5.74) is 0. The van der Waals surface area contributed by atoms with E-state index in [-0.39, 0.29) is 55.0 Å². The third-order valence-corrected chi connectivity index (χ3v) is 2.08. The van der Waals surface area contributed by atoms with Gasteiger partial charge in [0.05, 0.1) is 6.70 Å². The molecular formula is C9H26O2PSY-. The number of methoxy groups -OCH3 is 1. The average Bonchev–Trinajstić information content (AvgIpc) is 1.90. The molecule has 1 unspecified atom stereocenters. The third-order valence-electron chi connectivity index (χ3n) is 0.379. The van der Waals surface area contributed by atoms with Gasteiger partial charge in [-0.15, -0.1) is 6.66 Å². The molecule has 0 saturated carbocycles. The minimum atomic E-state index is -0.690. The molecule has 0 aromatic heterocycles. The zero-order valence-electron chi connectivity index (χ0n) is 7.08. The summed E-state index contributed by atoms with van der Waals surface area (Å²) in [5.74, 6) is 0. The molecule has 0 aromatic carbocycles. The molecule has 2 nitrogen and oxygen atoms in total. The summed E-state index contributed by atoms with van der Waals surface area (Å²) in [7, 11) is 2.09. The summed E-state index contributed by atoms with van der Waals surface area (Å²) in [6, 6.07) is 0. The van der Waals surface area contributed by atoms with Crippen molar-refractivity contribution in [3.8, 4) is 0 Å². The van der Waals surface area contributed by atoms with Crippen molar-refractivity contribution in [3.05, 3.63) is 13.6 Å². The van der Waals surface area contributed by atoms with Gasteiger partial charge in [-0.2, -0.15) is 10.6 Å². The molecule has 0 heterocycles. The Morgan fingerprint density at radius 2 is 1.64 bits per heavy atom. The maximum Gasteiger partial charge on any atom is 0.257 e. The molecule has 0 amide bonds. The number of ether oxygens (including phenoxy) is 1. The van der Waals surface area contributed by atoms with E-state index in [1.54, 1.807) is 7.11 Å². The molecule has 0 saturated heterocycles. The van der Waals surface area contributed by atoms with Crippen LogP contribution in [0.5, 0.6) is 0 Å². The molecule has 89 valence electrons. The molecule has 5 heteroatoms. The van der Waals surface area contributed by atoms with E-state index in [4.69, 9.17) is 0 Å². The van der Waals surface area contributed by atoms with Crippen LogP contribution < -0.4 is 0 Å². The predicted octanol–water partition coefficient (Wildman–Crippen LogP) is 4.13. The first-order valence-corrected chi connectivity index (χ1v) is 5.94. The molecule has 14 heavy (non-hydrogen) atoms. The standard InChI is InChI=1S/C3H7O2PS.C3H7.3CH4.Y/c1-5-3-6(2)7-4;1-3-2;;;;/h2-3H2,1H3;1,3H2,2H3;3*1H4;/q;-1;;;;. The quantitative estimate of drug-likeness (QED) is 0.565. The predicted molar refractivity (Wildman–Crippen MR) is 68.1 cm³/mol. The molecule has 0 N–H and O–H groups in total. The van der Waals surface area contributed by atoms with E-state index in [9.17, 15) is 4.21 Å². The largest absolute Gasteiger partial charge is 0.345 e. The Morgan fingerprint density at radius 1 is 1.36 bits per heavy atom. The zero-order valence-corrected chi connectivity index (χ0v) is 11.6. The van der Waals surface area contributed by atoms with Gasteiger partial charge >= 0.3 is 0 Å². The first-order chi connectivity index (χ1) is 4.72. The van der Waals surface area contributed by atoms with Crippen LogP contribution in [0.15, 0.2) is 0 Å². The van der Waals surface area contributed by atoms with Crippen LogP contribution in [-0.2, 0) is 48.3 Å². The van der Waals surface area contributed by atoms with Crippen molar-refractivity contribution in [2.24, 2.45) is 0 Å². The smallest absolute Gasteiger partial charge is 0.257 e. The summed E-state index contributed by atoms with van der Waals surface area (Å²) in [6.07, 6.45) is 1.50. The summed E-state index contributed by atoms with van der Waals surface area (Å²) >= 11 is 0. The Labute approximate surface area is 121 Å². The number of hydrogen-bond donors (Lipinski definition) is 0. The van der Waals surface area contributed by atoms with Crippen molar-refractivity contribution in [1.29, 1.82) is 0 Å². The minimum absolute atomic E-state index is 0. The van der Waals surface area contributed by atoms with E-state index < -0.39 is 6.70 Å². The van der Waals surface area contributed by atoms with Gasteiger partial charge in [-0.05, 0) is 0 Å². The monoisotopic (exact) mass is 318 g/mol.